The Bertz CT molecular complexity index is 442. The fourth-order valence-electron chi connectivity index (χ4n) is 2.42. The number of hydrogen-bond donors (Lipinski definition) is 1. The summed E-state index contributed by atoms with van der Waals surface area (Å²) < 4.78 is 5.73. The number of nitro benzene ring substituents is 1. The number of non-ortho nitro benzene ring substituents is 1. The molecule has 1 saturated heterocycles. The van der Waals surface area contributed by atoms with Gasteiger partial charge in [-0.1, -0.05) is 0 Å². The molecule has 0 bridgehead atoms. The average Bonchev–Trinajstić information content (AvgIpc) is 2.41. The van der Waals surface area contributed by atoms with Gasteiger partial charge in [-0.15, -0.1) is 0 Å². The minimum atomic E-state index is -0.383. The van der Waals surface area contributed by atoms with Crippen LogP contribution in [-0.4, -0.2) is 24.6 Å². The Balaban J connectivity index is 1.83. The molecule has 5 heteroatoms. The van der Waals surface area contributed by atoms with Crippen molar-refractivity contribution in [2.24, 2.45) is 5.92 Å². The molecule has 1 heterocycles. The molecule has 0 atom stereocenters. The summed E-state index contributed by atoms with van der Waals surface area (Å²) in [5.41, 5.74) is 0.933. The van der Waals surface area contributed by atoms with Crippen LogP contribution in [0.1, 0.15) is 24.8 Å². The number of nitrogens with zero attached hydrogens (tertiary/aromatic N) is 1. The first-order valence-electron chi connectivity index (χ1n) is 6.75. The van der Waals surface area contributed by atoms with Gasteiger partial charge in [0.15, 0.2) is 0 Å². The molecule has 5 nitrogen and oxygen atoms in total. The summed E-state index contributed by atoms with van der Waals surface area (Å²) in [6.45, 7) is 4.72. The Morgan fingerprint density at radius 2 is 2.16 bits per heavy atom. The van der Waals surface area contributed by atoms with Gasteiger partial charge in [0, 0.05) is 12.1 Å². The van der Waals surface area contributed by atoms with Crippen LogP contribution >= 0.6 is 0 Å². The second kappa shape index (κ2) is 6.52. The van der Waals surface area contributed by atoms with Crippen molar-refractivity contribution in [3.8, 4) is 5.75 Å². The molecular weight excluding hydrogens is 244 g/mol. The summed E-state index contributed by atoms with van der Waals surface area (Å²) in [4.78, 5) is 10.3. The van der Waals surface area contributed by atoms with Gasteiger partial charge in [0.25, 0.3) is 5.69 Å². The van der Waals surface area contributed by atoms with Crippen molar-refractivity contribution in [1.82, 2.24) is 5.32 Å². The van der Waals surface area contributed by atoms with E-state index in [0.29, 0.717) is 6.61 Å². The van der Waals surface area contributed by atoms with Crippen LogP contribution in [0.15, 0.2) is 18.2 Å². The molecule has 19 heavy (non-hydrogen) atoms. The second-order valence-electron chi connectivity index (χ2n) is 5.04. The minimum Gasteiger partial charge on any atom is -0.493 e. The van der Waals surface area contributed by atoms with Gasteiger partial charge in [0.2, 0.25) is 0 Å². The first kappa shape index (κ1) is 13.8. The summed E-state index contributed by atoms with van der Waals surface area (Å²) in [7, 11) is 0. The number of ether oxygens (including phenoxy) is 1. The lowest BCUT2D eigenvalue weighted by atomic mass is 9.95. The van der Waals surface area contributed by atoms with Crippen LogP contribution in [0.4, 0.5) is 5.69 Å². The zero-order valence-corrected chi connectivity index (χ0v) is 11.2. The van der Waals surface area contributed by atoms with Gasteiger partial charge in [-0.3, -0.25) is 10.1 Å². The van der Waals surface area contributed by atoms with Crippen molar-refractivity contribution in [1.29, 1.82) is 0 Å². The summed E-state index contributed by atoms with van der Waals surface area (Å²) in [5.74, 6) is 1.49. The van der Waals surface area contributed by atoms with E-state index in [2.05, 4.69) is 5.32 Å². The molecule has 0 aliphatic carbocycles. The smallest absolute Gasteiger partial charge is 0.269 e. The number of benzene rings is 1. The van der Waals surface area contributed by atoms with Gasteiger partial charge < -0.3 is 10.1 Å². The van der Waals surface area contributed by atoms with Crippen molar-refractivity contribution < 1.29 is 9.66 Å². The fourth-order valence-corrected chi connectivity index (χ4v) is 2.42. The van der Waals surface area contributed by atoms with Crippen molar-refractivity contribution in [2.45, 2.75) is 26.2 Å². The van der Waals surface area contributed by atoms with Crippen LogP contribution in [0.3, 0.4) is 0 Å². The lowest BCUT2D eigenvalue weighted by molar-refractivity contribution is -0.384. The SMILES string of the molecule is Cc1cc([N+](=O)[O-])ccc1OCCC1CCNCC1. The van der Waals surface area contributed by atoms with Crippen LogP contribution in [0, 0.1) is 23.0 Å². The normalized spacial score (nSPS) is 16.3. The third-order valence-electron chi connectivity index (χ3n) is 3.61. The lowest BCUT2D eigenvalue weighted by Crippen LogP contribution is -2.28. The maximum absolute atomic E-state index is 10.6. The van der Waals surface area contributed by atoms with Crippen molar-refractivity contribution in [3.63, 3.8) is 0 Å². The van der Waals surface area contributed by atoms with E-state index >= 15 is 0 Å². The molecule has 0 aromatic heterocycles. The molecule has 0 saturated carbocycles. The fraction of sp³-hybridized carbons (Fsp3) is 0.571. The highest BCUT2D eigenvalue weighted by Crippen LogP contribution is 2.24. The second-order valence-corrected chi connectivity index (χ2v) is 5.04. The first-order chi connectivity index (χ1) is 9.16. The zero-order valence-electron chi connectivity index (χ0n) is 11.2. The third kappa shape index (κ3) is 3.92. The minimum absolute atomic E-state index is 0.114. The molecule has 0 spiro atoms. The lowest BCUT2D eigenvalue weighted by Gasteiger charge is -2.22. The Labute approximate surface area is 113 Å². The van der Waals surface area contributed by atoms with Crippen LogP contribution in [0.2, 0.25) is 0 Å². The van der Waals surface area contributed by atoms with Crippen molar-refractivity contribution in [2.75, 3.05) is 19.7 Å². The Morgan fingerprint density at radius 3 is 2.79 bits per heavy atom. The molecule has 1 N–H and O–H groups in total. The Morgan fingerprint density at radius 1 is 1.42 bits per heavy atom. The highest BCUT2D eigenvalue weighted by molar-refractivity contribution is 5.42. The molecule has 104 valence electrons. The summed E-state index contributed by atoms with van der Waals surface area (Å²) in [5, 5.41) is 14.0. The van der Waals surface area contributed by atoms with Gasteiger partial charge in [-0.25, -0.2) is 0 Å². The third-order valence-corrected chi connectivity index (χ3v) is 3.61. The molecule has 0 amide bonds. The maximum atomic E-state index is 10.6. The van der Waals surface area contributed by atoms with E-state index in [-0.39, 0.29) is 10.6 Å². The number of nitrogens with one attached hydrogen (secondary N) is 1. The van der Waals surface area contributed by atoms with Gasteiger partial charge in [0.05, 0.1) is 11.5 Å². The van der Waals surface area contributed by atoms with E-state index < -0.39 is 0 Å². The van der Waals surface area contributed by atoms with E-state index in [4.69, 9.17) is 4.74 Å². The molecule has 1 aliphatic heterocycles. The molecule has 1 aliphatic rings. The van der Waals surface area contributed by atoms with Crippen LogP contribution in [-0.2, 0) is 0 Å². The number of rotatable bonds is 5. The predicted octanol–water partition coefficient (Wildman–Crippen LogP) is 2.67. The standard InChI is InChI=1S/C14H20N2O3/c1-11-10-13(16(17)18)2-3-14(11)19-9-6-12-4-7-15-8-5-12/h2-3,10,12,15H,4-9H2,1H3. The molecular formula is C14H20N2O3. The van der Waals surface area contributed by atoms with Gasteiger partial charge in [-0.05, 0) is 56.8 Å². The first-order valence-corrected chi connectivity index (χ1v) is 6.75. The van der Waals surface area contributed by atoms with Gasteiger partial charge >= 0.3 is 0 Å². The van der Waals surface area contributed by atoms with E-state index in [1.165, 1.54) is 18.9 Å². The van der Waals surface area contributed by atoms with Crippen LogP contribution in [0.25, 0.3) is 0 Å². The highest BCUT2D eigenvalue weighted by Gasteiger charge is 2.13. The van der Waals surface area contributed by atoms with Crippen LogP contribution < -0.4 is 10.1 Å². The largest absolute Gasteiger partial charge is 0.493 e. The highest BCUT2D eigenvalue weighted by atomic mass is 16.6. The van der Waals surface area contributed by atoms with Gasteiger partial charge in [0.1, 0.15) is 5.75 Å². The summed E-state index contributed by atoms with van der Waals surface area (Å²) in [6.07, 6.45) is 3.48. The monoisotopic (exact) mass is 264 g/mol. The number of aryl methyl sites for hydroxylation is 1. The average molecular weight is 264 g/mol. The van der Waals surface area contributed by atoms with E-state index in [1.54, 1.807) is 12.1 Å². The molecule has 0 radical (unpaired) electrons. The zero-order chi connectivity index (χ0) is 13.7. The topological polar surface area (TPSA) is 64.4 Å². The Kier molecular flexibility index (Phi) is 4.74. The van der Waals surface area contributed by atoms with E-state index in [9.17, 15) is 10.1 Å². The summed E-state index contributed by atoms with van der Waals surface area (Å²) in [6, 6.07) is 4.74. The Hall–Kier alpha value is -1.62. The van der Waals surface area contributed by atoms with Crippen molar-refractivity contribution in [3.05, 3.63) is 33.9 Å². The number of hydrogen-bond acceptors (Lipinski definition) is 4. The van der Waals surface area contributed by atoms with Gasteiger partial charge in [-0.2, -0.15) is 0 Å². The quantitative estimate of drug-likeness (QED) is 0.656. The number of nitro groups is 1. The van der Waals surface area contributed by atoms with Crippen molar-refractivity contribution >= 4 is 5.69 Å². The van der Waals surface area contributed by atoms with E-state index in [0.717, 1.165) is 36.7 Å². The maximum Gasteiger partial charge on any atom is 0.269 e. The molecule has 1 fully saturated rings. The van der Waals surface area contributed by atoms with E-state index in [1.807, 2.05) is 6.92 Å². The molecule has 1 aromatic rings. The van der Waals surface area contributed by atoms with Crippen LogP contribution in [0.5, 0.6) is 5.75 Å². The number of piperidine rings is 1. The molecule has 0 unspecified atom stereocenters. The summed E-state index contributed by atoms with van der Waals surface area (Å²) >= 11 is 0. The molecule has 1 aromatic carbocycles. The molecule has 2 rings (SSSR count). The predicted molar refractivity (Wildman–Crippen MR) is 73.5 cm³/mol.